The maximum absolute atomic E-state index is 10.1. The molecule has 0 aromatic heterocycles. The van der Waals surface area contributed by atoms with Crippen LogP contribution in [0.2, 0.25) is 0 Å². The molecule has 2 atom stereocenters. The van der Waals surface area contributed by atoms with Gasteiger partial charge in [-0.2, -0.15) is 0 Å². The van der Waals surface area contributed by atoms with Gasteiger partial charge in [-0.25, -0.2) is 0 Å². The van der Waals surface area contributed by atoms with Gasteiger partial charge in [-0.05, 0) is 31.1 Å². The van der Waals surface area contributed by atoms with Crippen molar-refractivity contribution < 1.29 is 14.6 Å². The van der Waals surface area contributed by atoms with Crippen LogP contribution in [0.3, 0.4) is 0 Å². The van der Waals surface area contributed by atoms with Crippen LogP contribution in [0.4, 0.5) is 0 Å². The van der Waals surface area contributed by atoms with Crippen LogP contribution < -0.4 is 0 Å². The molecule has 1 heterocycles. The van der Waals surface area contributed by atoms with Gasteiger partial charge in [0, 0.05) is 26.9 Å². The Morgan fingerprint density at radius 1 is 1.43 bits per heavy atom. The minimum Gasteiger partial charge on any atom is -0.393 e. The molecule has 1 fully saturated rings. The molecule has 0 saturated carbocycles. The van der Waals surface area contributed by atoms with E-state index in [4.69, 9.17) is 9.47 Å². The number of ether oxygens (including phenoxy) is 2. The fourth-order valence-corrected chi connectivity index (χ4v) is 2.00. The molecule has 0 spiro atoms. The van der Waals surface area contributed by atoms with E-state index in [0.29, 0.717) is 11.8 Å². The summed E-state index contributed by atoms with van der Waals surface area (Å²) in [7, 11) is 1.70. The average molecular weight is 202 g/mol. The van der Waals surface area contributed by atoms with Gasteiger partial charge in [0.1, 0.15) is 0 Å². The Morgan fingerprint density at radius 2 is 2.07 bits per heavy atom. The highest BCUT2D eigenvalue weighted by atomic mass is 16.5. The first kappa shape index (κ1) is 12.0. The predicted octanol–water partition coefficient (Wildman–Crippen LogP) is 1.45. The second-order valence-corrected chi connectivity index (χ2v) is 4.20. The van der Waals surface area contributed by atoms with Gasteiger partial charge < -0.3 is 14.6 Å². The molecule has 0 aromatic carbocycles. The first-order chi connectivity index (χ1) is 6.75. The summed E-state index contributed by atoms with van der Waals surface area (Å²) in [5.74, 6) is 0.758. The molecule has 0 radical (unpaired) electrons. The fraction of sp³-hybridized carbons (Fsp3) is 1.00. The quantitative estimate of drug-likeness (QED) is 0.733. The first-order valence-electron chi connectivity index (χ1n) is 5.50. The third-order valence-electron chi connectivity index (χ3n) is 3.11. The van der Waals surface area contributed by atoms with Crippen molar-refractivity contribution in [3.8, 4) is 0 Å². The largest absolute Gasteiger partial charge is 0.393 e. The van der Waals surface area contributed by atoms with Crippen LogP contribution in [0.5, 0.6) is 0 Å². The van der Waals surface area contributed by atoms with E-state index in [9.17, 15) is 5.11 Å². The van der Waals surface area contributed by atoms with E-state index in [1.54, 1.807) is 7.11 Å². The highest BCUT2D eigenvalue weighted by Crippen LogP contribution is 2.24. The molecular weight excluding hydrogens is 180 g/mol. The SMILES string of the molecule is COCCC(C)C(O)C1CCOCC1. The second-order valence-electron chi connectivity index (χ2n) is 4.20. The maximum atomic E-state index is 10.1. The van der Waals surface area contributed by atoms with Gasteiger partial charge in [-0.15, -0.1) is 0 Å². The fourth-order valence-electron chi connectivity index (χ4n) is 2.00. The van der Waals surface area contributed by atoms with Crippen molar-refractivity contribution in [2.45, 2.75) is 32.3 Å². The molecule has 1 rings (SSSR count). The third kappa shape index (κ3) is 3.56. The molecule has 3 nitrogen and oxygen atoms in total. The van der Waals surface area contributed by atoms with E-state index in [1.807, 2.05) is 0 Å². The normalized spacial score (nSPS) is 23.4. The van der Waals surface area contributed by atoms with Gasteiger partial charge in [0.05, 0.1) is 6.10 Å². The number of hydrogen-bond donors (Lipinski definition) is 1. The predicted molar refractivity (Wildman–Crippen MR) is 55.2 cm³/mol. The zero-order chi connectivity index (χ0) is 10.4. The number of aliphatic hydroxyl groups is 1. The van der Waals surface area contributed by atoms with Gasteiger partial charge in [-0.3, -0.25) is 0 Å². The lowest BCUT2D eigenvalue weighted by atomic mass is 9.85. The Bertz CT molecular complexity index is 143. The highest BCUT2D eigenvalue weighted by Gasteiger charge is 2.26. The molecular formula is C11H22O3. The van der Waals surface area contributed by atoms with E-state index in [2.05, 4.69) is 6.92 Å². The Hall–Kier alpha value is -0.120. The monoisotopic (exact) mass is 202 g/mol. The lowest BCUT2D eigenvalue weighted by Crippen LogP contribution is -2.32. The molecule has 2 unspecified atom stereocenters. The molecule has 0 amide bonds. The Labute approximate surface area is 86.4 Å². The van der Waals surface area contributed by atoms with Gasteiger partial charge in [-0.1, -0.05) is 6.92 Å². The third-order valence-corrected chi connectivity index (χ3v) is 3.11. The molecule has 84 valence electrons. The second kappa shape index (κ2) is 6.38. The summed E-state index contributed by atoms with van der Waals surface area (Å²) in [4.78, 5) is 0. The van der Waals surface area contributed by atoms with Crippen LogP contribution in [-0.2, 0) is 9.47 Å². The van der Waals surface area contributed by atoms with E-state index in [-0.39, 0.29) is 6.10 Å². The van der Waals surface area contributed by atoms with Crippen molar-refractivity contribution >= 4 is 0 Å². The number of hydrogen-bond acceptors (Lipinski definition) is 3. The molecule has 1 aliphatic heterocycles. The molecule has 0 bridgehead atoms. The summed E-state index contributed by atoms with van der Waals surface area (Å²) in [5.41, 5.74) is 0. The van der Waals surface area contributed by atoms with Crippen molar-refractivity contribution in [3.63, 3.8) is 0 Å². The minimum atomic E-state index is -0.186. The van der Waals surface area contributed by atoms with E-state index >= 15 is 0 Å². The van der Waals surface area contributed by atoms with Crippen molar-refractivity contribution in [1.82, 2.24) is 0 Å². The zero-order valence-electron chi connectivity index (χ0n) is 9.24. The van der Waals surface area contributed by atoms with E-state index < -0.39 is 0 Å². The van der Waals surface area contributed by atoms with Crippen molar-refractivity contribution in [2.24, 2.45) is 11.8 Å². The molecule has 14 heavy (non-hydrogen) atoms. The molecule has 0 aliphatic carbocycles. The molecule has 0 aromatic rings. The molecule has 1 saturated heterocycles. The summed E-state index contributed by atoms with van der Waals surface area (Å²) in [5, 5.41) is 10.1. The summed E-state index contributed by atoms with van der Waals surface area (Å²) in [6, 6.07) is 0. The zero-order valence-corrected chi connectivity index (χ0v) is 9.24. The minimum absolute atomic E-state index is 0.186. The first-order valence-corrected chi connectivity index (χ1v) is 5.50. The van der Waals surface area contributed by atoms with Crippen molar-refractivity contribution in [3.05, 3.63) is 0 Å². The van der Waals surface area contributed by atoms with Crippen molar-refractivity contribution in [2.75, 3.05) is 26.9 Å². The van der Waals surface area contributed by atoms with Crippen molar-refractivity contribution in [1.29, 1.82) is 0 Å². The van der Waals surface area contributed by atoms with Crippen LogP contribution >= 0.6 is 0 Å². The van der Waals surface area contributed by atoms with Crippen LogP contribution in [0, 0.1) is 11.8 Å². The van der Waals surface area contributed by atoms with Crippen LogP contribution in [-0.4, -0.2) is 38.1 Å². The number of methoxy groups -OCH3 is 1. The van der Waals surface area contributed by atoms with Crippen LogP contribution in [0.1, 0.15) is 26.2 Å². The Balaban J connectivity index is 2.26. The highest BCUT2D eigenvalue weighted by molar-refractivity contribution is 4.76. The average Bonchev–Trinajstić information content (AvgIpc) is 2.26. The van der Waals surface area contributed by atoms with E-state index in [0.717, 1.165) is 39.1 Å². The Morgan fingerprint density at radius 3 is 2.64 bits per heavy atom. The van der Waals surface area contributed by atoms with Gasteiger partial charge >= 0.3 is 0 Å². The topological polar surface area (TPSA) is 38.7 Å². The lowest BCUT2D eigenvalue weighted by molar-refractivity contribution is -0.0193. The lowest BCUT2D eigenvalue weighted by Gasteiger charge is -2.30. The maximum Gasteiger partial charge on any atom is 0.0596 e. The Kier molecular flexibility index (Phi) is 5.45. The smallest absolute Gasteiger partial charge is 0.0596 e. The van der Waals surface area contributed by atoms with E-state index in [1.165, 1.54) is 0 Å². The van der Waals surface area contributed by atoms with Gasteiger partial charge in [0.2, 0.25) is 0 Å². The summed E-state index contributed by atoms with van der Waals surface area (Å²) < 4.78 is 10.3. The van der Waals surface area contributed by atoms with Crippen LogP contribution in [0.25, 0.3) is 0 Å². The standard InChI is InChI=1S/C11H22O3/c1-9(3-6-13-2)11(12)10-4-7-14-8-5-10/h9-12H,3-8H2,1-2H3. The number of rotatable bonds is 5. The molecule has 3 heteroatoms. The summed E-state index contributed by atoms with van der Waals surface area (Å²) in [6.07, 6.45) is 2.75. The van der Waals surface area contributed by atoms with Gasteiger partial charge in [0.15, 0.2) is 0 Å². The summed E-state index contributed by atoms with van der Waals surface area (Å²) in [6.45, 7) is 4.44. The summed E-state index contributed by atoms with van der Waals surface area (Å²) >= 11 is 0. The van der Waals surface area contributed by atoms with Crippen LogP contribution in [0.15, 0.2) is 0 Å². The molecule has 1 N–H and O–H groups in total. The van der Waals surface area contributed by atoms with Gasteiger partial charge in [0.25, 0.3) is 0 Å². The molecule has 1 aliphatic rings. The number of aliphatic hydroxyl groups excluding tert-OH is 1.